The van der Waals surface area contributed by atoms with Gasteiger partial charge in [0.1, 0.15) is 0 Å². The quantitative estimate of drug-likeness (QED) is 0.239. The van der Waals surface area contributed by atoms with Gasteiger partial charge < -0.3 is 0 Å². The highest BCUT2D eigenvalue weighted by molar-refractivity contribution is 14.1. The van der Waals surface area contributed by atoms with Crippen LogP contribution in [0.1, 0.15) is 44.4 Å². The fourth-order valence-electron chi connectivity index (χ4n) is 4.77. The Labute approximate surface area is 182 Å². The van der Waals surface area contributed by atoms with E-state index in [4.69, 9.17) is 0 Å². The molecule has 0 fully saturated rings. The van der Waals surface area contributed by atoms with Gasteiger partial charge in [0.2, 0.25) is 0 Å². The molecule has 142 valence electrons. The highest BCUT2D eigenvalue weighted by Gasteiger charge is 2.36. The van der Waals surface area contributed by atoms with Crippen LogP contribution in [0.4, 0.5) is 0 Å². The molecule has 28 heavy (non-hydrogen) atoms. The zero-order chi connectivity index (χ0) is 20.1. The molecule has 0 nitrogen and oxygen atoms in total. The van der Waals surface area contributed by atoms with Crippen molar-refractivity contribution in [2.24, 2.45) is 5.92 Å². The number of alkyl halides is 1. The second-order valence-corrected chi connectivity index (χ2v) is 10.8. The Morgan fingerprint density at radius 3 is 2.43 bits per heavy atom. The highest BCUT2D eigenvalue weighted by Crippen LogP contribution is 2.50. The molecular formula is C27H27I. The molecule has 0 amide bonds. The molecule has 0 N–H and O–H groups in total. The van der Waals surface area contributed by atoms with Gasteiger partial charge in [0.15, 0.2) is 0 Å². The van der Waals surface area contributed by atoms with Crippen LogP contribution < -0.4 is 0 Å². The van der Waals surface area contributed by atoms with Gasteiger partial charge in [0, 0.05) is 14.8 Å². The van der Waals surface area contributed by atoms with Crippen molar-refractivity contribution in [2.75, 3.05) is 0 Å². The lowest BCUT2D eigenvalue weighted by Gasteiger charge is -2.34. The molecule has 0 saturated heterocycles. The predicted octanol–water partition coefficient (Wildman–Crippen LogP) is 7.89. The Kier molecular flexibility index (Phi) is 4.78. The summed E-state index contributed by atoms with van der Waals surface area (Å²) < 4.78 is 0.0591. The van der Waals surface area contributed by atoms with Crippen molar-refractivity contribution in [3.63, 3.8) is 0 Å². The van der Waals surface area contributed by atoms with Gasteiger partial charge >= 0.3 is 0 Å². The van der Waals surface area contributed by atoms with Gasteiger partial charge in [0.05, 0.1) is 0 Å². The van der Waals surface area contributed by atoms with Crippen LogP contribution in [0.3, 0.4) is 0 Å². The van der Waals surface area contributed by atoms with Gasteiger partial charge in [-0.25, -0.2) is 0 Å². The van der Waals surface area contributed by atoms with Gasteiger partial charge in [-0.05, 0) is 58.9 Å². The van der Waals surface area contributed by atoms with Crippen molar-refractivity contribution in [2.45, 2.75) is 36.5 Å². The smallest absolute Gasteiger partial charge is 0.0479 e. The van der Waals surface area contributed by atoms with E-state index in [1.54, 1.807) is 0 Å². The maximum Gasteiger partial charge on any atom is 0.0479 e. The second kappa shape index (κ2) is 6.88. The molecule has 0 spiro atoms. The Bertz CT molecular complexity index is 1040. The van der Waals surface area contributed by atoms with Crippen molar-refractivity contribution in [3.8, 4) is 11.1 Å². The number of hydrogen-bond donors (Lipinski definition) is 0. The van der Waals surface area contributed by atoms with Crippen LogP contribution in [0.25, 0.3) is 16.7 Å². The minimum absolute atomic E-state index is 0.0235. The van der Waals surface area contributed by atoms with Crippen molar-refractivity contribution in [1.82, 2.24) is 0 Å². The summed E-state index contributed by atoms with van der Waals surface area (Å²) in [7, 11) is 0. The zero-order valence-electron chi connectivity index (χ0n) is 17.1. The van der Waals surface area contributed by atoms with E-state index in [9.17, 15) is 0 Å². The predicted molar refractivity (Wildman–Crippen MR) is 131 cm³/mol. The molecule has 0 aromatic heterocycles. The molecule has 0 aliphatic heterocycles. The lowest BCUT2D eigenvalue weighted by atomic mass is 9.76. The maximum atomic E-state index is 4.16. The lowest BCUT2D eigenvalue weighted by molar-refractivity contribution is 0.659. The first-order chi connectivity index (χ1) is 13.3. The van der Waals surface area contributed by atoms with E-state index in [-0.39, 0.29) is 8.84 Å². The first-order valence-electron chi connectivity index (χ1n) is 9.93. The summed E-state index contributed by atoms with van der Waals surface area (Å²) in [5, 5.41) is 0. The molecule has 1 heteroatoms. The Morgan fingerprint density at radius 2 is 1.71 bits per heavy atom. The molecule has 0 bridgehead atoms. The first kappa shape index (κ1) is 19.4. The topological polar surface area (TPSA) is 0 Å². The standard InChI is InChI=1S/C27H27I/c1-6-10-24-19(7-2)20(15-16-27(24,5)28)18-13-14-22-21-11-8-9-12-23(21)26(3,4)25(22)17-18/h6-17,24H,2H2,1,3-5H3/b10-6-. The fraction of sp³-hybridized carbons (Fsp3) is 0.259. The number of benzene rings is 2. The zero-order valence-corrected chi connectivity index (χ0v) is 19.2. The van der Waals surface area contributed by atoms with E-state index in [1.807, 2.05) is 6.08 Å². The van der Waals surface area contributed by atoms with Crippen molar-refractivity contribution >= 4 is 28.2 Å². The monoisotopic (exact) mass is 478 g/mol. The molecule has 0 heterocycles. The van der Waals surface area contributed by atoms with Gasteiger partial charge in [-0.1, -0.05) is 110 Å². The highest BCUT2D eigenvalue weighted by atomic mass is 127. The minimum atomic E-state index is 0.0235. The molecule has 4 rings (SSSR count). The van der Waals surface area contributed by atoms with Crippen LogP contribution >= 0.6 is 22.6 Å². The van der Waals surface area contributed by atoms with Gasteiger partial charge in [-0.15, -0.1) is 0 Å². The molecule has 2 aromatic carbocycles. The summed E-state index contributed by atoms with van der Waals surface area (Å²) in [6.45, 7) is 13.2. The molecule has 0 saturated carbocycles. The first-order valence-corrected chi connectivity index (χ1v) is 11.0. The third-order valence-corrected chi connectivity index (χ3v) is 7.36. The van der Waals surface area contributed by atoms with Crippen LogP contribution in [-0.2, 0) is 5.41 Å². The van der Waals surface area contributed by atoms with Gasteiger partial charge in [0.25, 0.3) is 0 Å². The average Bonchev–Trinajstić information content (AvgIpc) is 2.91. The molecule has 2 aliphatic rings. The Hall–Kier alpha value is -1.87. The van der Waals surface area contributed by atoms with Crippen molar-refractivity contribution in [3.05, 3.63) is 102 Å². The van der Waals surface area contributed by atoms with E-state index in [0.29, 0.717) is 5.92 Å². The number of halogens is 1. The van der Waals surface area contributed by atoms with Gasteiger partial charge in [-0.3, -0.25) is 0 Å². The van der Waals surface area contributed by atoms with Crippen LogP contribution in [0.15, 0.2) is 85.0 Å². The fourth-order valence-corrected chi connectivity index (χ4v) is 5.50. The molecule has 2 unspecified atom stereocenters. The normalized spacial score (nSPS) is 25.1. The van der Waals surface area contributed by atoms with Crippen molar-refractivity contribution in [1.29, 1.82) is 0 Å². The molecular weight excluding hydrogens is 451 g/mol. The van der Waals surface area contributed by atoms with Crippen LogP contribution in [0, 0.1) is 5.92 Å². The molecule has 0 radical (unpaired) electrons. The van der Waals surface area contributed by atoms with E-state index in [2.05, 4.69) is 124 Å². The van der Waals surface area contributed by atoms with E-state index >= 15 is 0 Å². The second-order valence-electron chi connectivity index (χ2n) is 8.49. The maximum absolute atomic E-state index is 4.16. The summed E-state index contributed by atoms with van der Waals surface area (Å²) in [6, 6.07) is 15.8. The van der Waals surface area contributed by atoms with E-state index in [0.717, 1.165) is 0 Å². The summed E-state index contributed by atoms with van der Waals surface area (Å²) in [5.74, 6) is 0.328. The average molecular weight is 478 g/mol. The van der Waals surface area contributed by atoms with E-state index in [1.165, 1.54) is 39.0 Å². The number of rotatable bonds is 3. The third-order valence-electron chi connectivity index (χ3n) is 6.33. The third kappa shape index (κ3) is 2.86. The number of hydrogen-bond acceptors (Lipinski definition) is 0. The minimum Gasteiger partial charge on any atom is -0.0987 e. The SMILES string of the molecule is C=CC1=C(c2ccc3c(c2)C(C)(C)c2ccccc2-3)C=CC(C)(I)C1/C=C\C. The summed E-state index contributed by atoms with van der Waals surface area (Å²) in [6.07, 6.45) is 11.1. The number of allylic oxidation sites excluding steroid dienone is 7. The summed E-state index contributed by atoms with van der Waals surface area (Å²) in [5.41, 5.74) is 9.49. The number of fused-ring (bicyclic) bond motifs is 3. The summed E-state index contributed by atoms with van der Waals surface area (Å²) in [4.78, 5) is 0. The Morgan fingerprint density at radius 1 is 1.00 bits per heavy atom. The molecule has 2 atom stereocenters. The van der Waals surface area contributed by atoms with Crippen LogP contribution in [0.2, 0.25) is 0 Å². The largest absolute Gasteiger partial charge is 0.0987 e. The Balaban J connectivity index is 1.90. The van der Waals surface area contributed by atoms with Crippen molar-refractivity contribution < 1.29 is 0 Å². The lowest BCUT2D eigenvalue weighted by Crippen LogP contribution is -2.28. The molecule has 2 aromatic rings. The molecule has 2 aliphatic carbocycles. The van der Waals surface area contributed by atoms with E-state index < -0.39 is 0 Å². The van der Waals surface area contributed by atoms with Crippen LogP contribution in [-0.4, -0.2) is 3.42 Å². The van der Waals surface area contributed by atoms with Crippen LogP contribution in [0.5, 0.6) is 0 Å². The summed E-state index contributed by atoms with van der Waals surface area (Å²) >= 11 is 2.56. The van der Waals surface area contributed by atoms with Gasteiger partial charge in [-0.2, -0.15) is 0 Å².